The fourth-order valence-corrected chi connectivity index (χ4v) is 4.85. The van der Waals surface area contributed by atoms with Gasteiger partial charge in [-0.15, -0.1) is 5.10 Å². The van der Waals surface area contributed by atoms with E-state index in [4.69, 9.17) is 23.7 Å². The summed E-state index contributed by atoms with van der Waals surface area (Å²) >= 11 is 1.25. The normalized spacial score (nSPS) is 11.5. The summed E-state index contributed by atoms with van der Waals surface area (Å²) < 4.78 is 29.5. The highest BCUT2D eigenvalue weighted by Gasteiger charge is 2.18. The Bertz CT molecular complexity index is 1670. The maximum absolute atomic E-state index is 13.1. The molecule has 0 saturated carbocycles. The predicted molar refractivity (Wildman–Crippen MR) is 145 cm³/mol. The van der Waals surface area contributed by atoms with E-state index in [2.05, 4.69) is 10.1 Å². The van der Waals surface area contributed by atoms with E-state index >= 15 is 0 Å². The lowest BCUT2D eigenvalue weighted by atomic mass is 10.1. The fraction of sp³-hybridized carbons (Fsp3) is 0.179. The molecular weight excluding hydrogens is 506 g/mol. The maximum atomic E-state index is 13.1. The van der Waals surface area contributed by atoms with Crippen LogP contribution in [0.2, 0.25) is 0 Å². The van der Waals surface area contributed by atoms with Gasteiger partial charge in [-0.2, -0.15) is 9.50 Å². The van der Waals surface area contributed by atoms with Gasteiger partial charge in [0, 0.05) is 5.56 Å². The highest BCUT2D eigenvalue weighted by Crippen LogP contribution is 2.40. The van der Waals surface area contributed by atoms with Gasteiger partial charge in [-0.05, 0) is 41.5 Å². The molecule has 3 aromatic carbocycles. The molecule has 2 aromatic heterocycles. The number of hydrogen-bond acceptors (Lipinski definition) is 9. The van der Waals surface area contributed by atoms with E-state index in [0.29, 0.717) is 56.2 Å². The number of fused-ring (bicyclic) bond motifs is 1. The second-order valence-corrected chi connectivity index (χ2v) is 9.15. The van der Waals surface area contributed by atoms with Crippen LogP contribution in [0.25, 0.3) is 22.4 Å². The molecule has 10 heteroatoms. The SMILES string of the molecule is COc1cc(/C=c2/sc3nc(-c4cc(OC)c(OC)c(OC)c4)nn3c2=O)ccc1OCc1ccccc1. The Morgan fingerprint density at radius 2 is 1.55 bits per heavy atom. The van der Waals surface area contributed by atoms with Crippen molar-refractivity contribution in [3.05, 3.63) is 86.7 Å². The number of methoxy groups -OCH3 is 4. The van der Waals surface area contributed by atoms with Crippen molar-refractivity contribution in [2.75, 3.05) is 28.4 Å². The summed E-state index contributed by atoms with van der Waals surface area (Å²) in [6.07, 6.45) is 1.78. The van der Waals surface area contributed by atoms with Gasteiger partial charge in [0.1, 0.15) is 6.61 Å². The third kappa shape index (κ3) is 4.85. The Hall–Kier alpha value is -4.57. The van der Waals surface area contributed by atoms with Gasteiger partial charge in [-0.3, -0.25) is 4.79 Å². The van der Waals surface area contributed by atoms with E-state index in [9.17, 15) is 4.79 Å². The monoisotopic (exact) mass is 531 g/mol. The number of hydrogen-bond donors (Lipinski definition) is 0. The van der Waals surface area contributed by atoms with Gasteiger partial charge in [0.05, 0.1) is 33.0 Å². The summed E-state index contributed by atoms with van der Waals surface area (Å²) in [6.45, 7) is 0.424. The first-order chi connectivity index (χ1) is 18.5. The van der Waals surface area contributed by atoms with Crippen molar-refractivity contribution < 1.29 is 23.7 Å². The van der Waals surface area contributed by atoms with Crippen molar-refractivity contribution in [3.63, 3.8) is 0 Å². The predicted octanol–water partition coefficient (Wildman–Crippen LogP) is 3.98. The fourth-order valence-electron chi connectivity index (χ4n) is 3.95. The molecule has 0 atom stereocenters. The van der Waals surface area contributed by atoms with Crippen LogP contribution in [-0.2, 0) is 6.61 Å². The van der Waals surface area contributed by atoms with Gasteiger partial charge in [-0.1, -0.05) is 47.7 Å². The molecule has 0 radical (unpaired) electrons. The van der Waals surface area contributed by atoms with Crippen LogP contribution in [0.5, 0.6) is 28.7 Å². The molecule has 0 bridgehead atoms. The Labute approximate surface area is 222 Å². The first-order valence-corrected chi connectivity index (χ1v) is 12.4. The van der Waals surface area contributed by atoms with E-state index in [-0.39, 0.29) is 5.56 Å². The molecule has 0 amide bonds. The Kier molecular flexibility index (Phi) is 7.14. The third-order valence-corrected chi connectivity index (χ3v) is 6.79. The lowest BCUT2D eigenvalue weighted by Crippen LogP contribution is -2.23. The van der Waals surface area contributed by atoms with Gasteiger partial charge in [0.2, 0.25) is 10.7 Å². The van der Waals surface area contributed by atoms with Crippen LogP contribution in [0, 0.1) is 0 Å². The number of benzene rings is 3. The Morgan fingerprint density at radius 1 is 0.842 bits per heavy atom. The third-order valence-electron chi connectivity index (χ3n) is 5.83. The van der Waals surface area contributed by atoms with Crippen LogP contribution >= 0.6 is 11.3 Å². The zero-order valence-electron chi connectivity index (χ0n) is 21.3. The van der Waals surface area contributed by atoms with Gasteiger partial charge in [0.15, 0.2) is 28.8 Å². The zero-order chi connectivity index (χ0) is 26.6. The number of thiazole rings is 1. The standard InChI is InChI=1S/C28H25N3O6S/c1-33-21-12-18(10-11-20(21)37-16-17-8-6-5-7-9-17)13-24-27(32)31-28(38-24)29-26(30-31)19-14-22(34-2)25(36-4)23(15-19)35-3/h5-15H,16H2,1-4H3/b24-13+. The summed E-state index contributed by atoms with van der Waals surface area (Å²) in [5.41, 5.74) is 2.22. The number of nitrogens with zero attached hydrogens (tertiary/aromatic N) is 3. The Morgan fingerprint density at radius 3 is 2.18 bits per heavy atom. The van der Waals surface area contributed by atoms with E-state index < -0.39 is 0 Å². The molecule has 0 saturated heterocycles. The second kappa shape index (κ2) is 10.8. The lowest BCUT2D eigenvalue weighted by molar-refractivity contribution is 0.284. The molecule has 38 heavy (non-hydrogen) atoms. The molecule has 0 unspecified atom stereocenters. The quantitative estimate of drug-likeness (QED) is 0.282. The molecule has 0 aliphatic rings. The van der Waals surface area contributed by atoms with Crippen LogP contribution in [0.1, 0.15) is 11.1 Å². The molecule has 0 aliphatic carbocycles. The molecular formula is C28H25N3O6S. The average Bonchev–Trinajstić information content (AvgIpc) is 3.50. The molecule has 5 rings (SSSR count). The van der Waals surface area contributed by atoms with Crippen molar-refractivity contribution in [1.82, 2.24) is 14.6 Å². The summed E-state index contributed by atoms with van der Waals surface area (Å²) in [5.74, 6) is 2.98. The largest absolute Gasteiger partial charge is 0.493 e. The zero-order valence-corrected chi connectivity index (χ0v) is 22.1. The summed E-state index contributed by atoms with van der Waals surface area (Å²) in [7, 11) is 6.19. The minimum atomic E-state index is -0.264. The van der Waals surface area contributed by atoms with Crippen LogP contribution in [-0.4, -0.2) is 43.0 Å². The van der Waals surface area contributed by atoms with Crippen molar-refractivity contribution in [2.45, 2.75) is 6.61 Å². The molecule has 9 nitrogen and oxygen atoms in total. The topological polar surface area (TPSA) is 93.4 Å². The second-order valence-electron chi connectivity index (χ2n) is 8.14. The number of ether oxygens (including phenoxy) is 5. The number of aromatic nitrogens is 3. The first kappa shape index (κ1) is 25.1. The minimum absolute atomic E-state index is 0.264. The average molecular weight is 532 g/mol. The van der Waals surface area contributed by atoms with Crippen molar-refractivity contribution in [1.29, 1.82) is 0 Å². The highest BCUT2D eigenvalue weighted by molar-refractivity contribution is 7.15. The van der Waals surface area contributed by atoms with Gasteiger partial charge in [0.25, 0.3) is 5.56 Å². The summed E-state index contributed by atoms with van der Waals surface area (Å²) in [6, 6.07) is 18.9. The molecule has 0 aliphatic heterocycles. The molecule has 5 aromatic rings. The number of rotatable bonds is 9. The summed E-state index contributed by atoms with van der Waals surface area (Å²) in [4.78, 5) is 18.2. The summed E-state index contributed by atoms with van der Waals surface area (Å²) in [5, 5.41) is 4.44. The van der Waals surface area contributed by atoms with Crippen LogP contribution in [0.3, 0.4) is 0 Å². The van der Waals surface area contributed by atoms with Crippen LogP contribution in [0.4, 0.5) is 0 Å². The van der Waals surface area contributed by atoms with E-state index in [1.165, 1.54) is 37.2 Å². The lowest BCUT2D eigenvalue weighted by Gasteiger charge is -2.12. The maximum Gasteiger partial charge on any atom is 0.291 e. The first-order valence-electron chi connectivity index (χ1n) is 11.6. The van der Waals surface area contributed by atoms with Crippen LogP contribution < -0.4 is 33.8 Å². The highest BCUT2D eigenvalue weighted by atomic mass is 32.1. The van der Waals surface area contributed by atoms with Crippen LogP contribution in [0.15, 0.2) is 65.5 Å². The molecule has 2 heterocycles. The molecule has 0 N–H and O–H groups in total. The Balaban J connectivity index is 1.45. The van der Waals surface area contributed by atoms with E-state index in [0.717, 1.165) is 11.1 Å². The van der Waals surface area contributed by atoms with Crippen molar-refractivity contribution in [2.24, 2.45) is 0 Å². The van der Waals surface area contributed by atoms with Gasteiger partial charge >= 0.3 is 0 Å². The van der Waals surface area contributed by atoms with Gasteiger partial charge in [-0.25, -0.2) is 0 Å². The molecule has 194 valence electrons. The van der Waals surface area contributed by atoms with E-state index in [1.807, 2.05) is 48.5 Å². The minimum Gasteiger partial charge on any atom is -0.493 e. The van der Waals surface area contributed by atoms with Gasteiger partial charge < -0.3 is 23.7 Å². The van der Waals surface area contributed by atoms with E-state index in [1.54, 1.807) is 25.3 Å². The smallest absolute Gasteiger partial charge is 0.291 e. The van der Waals surface area contributed by atoms with Crippen molar-refractivity contribution in [3.8, 4) is 40.1 Å². The molecule has 0 spiro atoms. The molecule has 0 fully saturated rings. The van der Waals surface area contributed by atoms with Crippen molar-refractivity contribution >= 4 is 22.4 Å².